The summed E-state index contributed by atoms with van der Waals surface area (Å²) in [5.74, 6) is -0.379. The molecule has 1 N–H and O–H groups in total. The maximum atomic E-state index is 11.7. The van der Waals surface area contributed by atoms with E-state index in [1.54, 1.807) is 4.68 Å². The van der Waals surface area contributed by atoms with Gasteiger partial charge < -0.3 is 5.11 Å². The first-order valence-corrected chi connectivity index (χ1v) is 7.65. The summed E-state index contributed by atoms with van der Waals surface area (Å²) in [7, 11) is 0. The van der Waals surface area contributed by atoms with Crippen LogP contribution < -0.4 is 0 Å². The van der Waals surface area contributed by atoms with E-state index in [2.05, 4.69) is 15.2 Å². The van der Waals surface area contributed by atoms with Gasteiger partial charge in [0, 0.05) is 6.54 Å². The van der Waals surface area contributed by atoms with Crippen molar-refractivity contribution in [3.05, 3.63) is 42.2 Å². The van der Waals surface area contributed by atoms with E-state index >= 15 is 0 Å². The van der Waals surface area contributed by atoms with Gasteiger partial charge in [-0.1, -0.05) is 23.4 Å². The van der Waals surface area contributed by atoms with Gasteiger partial charge in [0.05, 0.1) is 17.6 Å². The highest BCUT2D eigenvalue weighted by atomic mass is 16.4. The number of para-hydroxylation sites is 1. The van der Waals surface area contributed by atoms with Crippen LogP contribution in [0.4, 0.5) is 0 Å². The number of likely N-dealkylation sites (tertiary alicyclic amines) is 1. The lowest BCUT2D eigenvalue weighted by molar-refractivity contribution is -0.147. The van der Waals surface area contributed by atoms with Gasteiger partial charge in [-0.25, -0.2) is 4.68 Å². The van der Waals surface area contributed by atoms with Gasteiger partial charge in [0.1, 0.15) is 5.54 Å². The fraction of sp³-hybridized carbons (Fsp3) is 0.438. The van der Waals surface area contributed by atoms with Crippen LogP contribution in [-0.2, 0) is 11.3 Å². The third-order valence-corrected chi connectivity index (χ3v) is 4.90. The summed E-state index contributed by atoms with van der Waals surface area (Å²) in [5.41, 5.74) is 1.13. The lowest BCUT2D eigenvalue weighted by Gasteiger charge is -2.32. The first-order valence-electron chi connectivity index (χ1n) is 7.65. The Bertz CT molecular complexity index is 699. The van der Waals surface area contributed by atoms with Crippen LogP contribution in [0.3, 0.4) is 0 Å². The van der Waals surface area contributed by atoms with E-state index in [1.807, 2.05) is 36.5 Å². The van der Waals surface area contributed by atoms with Crippen LogP contribution in [0.5, 0.6) is 0 Å². The molecule has 114 valence electrons. The Kier molecular flexibility index (Phi) is 3.00. The number of carboxylic acids is 1. The van der Waals surface area contributed by atoms with Gasteiger partial charge in [-0.05, 0) is 43.9 Å². The van der Waals surface area contributed by atoms with Crippen LogP contribution in [0, 0.1) is 5.92 Å². The molecule has 0 bridgehead atoms. The molecule has 2 fully saturated rings. The van der Waals surface area contributed by atoms with Crippen molar-refractivity contribution in [2.45, 2.75) is 31.3 Å². The second-order valence-corrected chi connectivity index (χ2v) is 6.18. The predicted molar refractivity (Wildman–Crippen MR) is 79.5 cm³/mol. The molecule has 0 radical (unpaired) electrons. The quantitative estimate of drug-likeness (QED) is 0.930. The summed E-state index contributed by atoms with van der Waals surface area (Å²) in [4.78, 5) is 13.7. The van der Waals surface area contributed by atoms with Gasteiger partial charge in [-0.2, -0.15) is 0 Å². The van der Waals surface area contributed by atoms with Crippen molar-refractivity contribution in [2.75, 3.05) is 6.54 Å². The number of rotatable bonds is 4. The van der Waals surface area contributed by atoms with E-state index in [1.165, 1.54) is 0 Å². The second-order valence-electron chi connectivity index (χ2n) is 6.18. The second kappa shape index (κ2) is 4.91. The van der Waals surface area contributed by atoms with Gasteiger partial charge in [0.25, 0.3) is 0 Å². The van der Waals surface area contributed by atoms with E-state index in [-0.39, 0.29) is 0 Å². The van der Waals surface area contributed by atoms with Crippen LogP contribution in [0.2, 0.25) is 0 Å². The van der Waals surface area contributed by atoms with Gasteiger partial charge in [0.15, 0.2) is 0 Å². The molecule has 1 aliphatic carbocycles. The molecule has 1 aromatic heterocycles. The number of piperidine rings is 1. The topological polar surface area (TPSA) is 71.2 Å². The normalized spacial score (nSPS) is 27.4. The summed E-state index contributed by atoms with van der Waals surface area (Å²) in [6.07, 6.45) is 4.75. The maximum absolute atomic E-state index is 11.7. The molecule has 2 atom stereocenters. The van der Waals surface area contributed by atoms with Crippen LogP contribution in [-0.4, -0.2) is 43.1 Å². The molecule has 1 saturated heterocycles. The lowest BCUT2D eigenvalue weighted by Crippen LogP contribution is -2.47. The standard InChI is InChI=1S/C16H18N4O2/c21-15(22)16-9-12(16)5-4-8-19(16)10-13-11-20(18-17-13)14-6-2-1-3-7-14/h1-3,6-7,11-12H,4-5,8-10H2,(H,21,22)/t12-,16+/m1/s1. The average Bonchev–Trinajstić information content (AvgIpc) is 3.14. The van der Waals surface area contributed by atoms with Crippen LogP contribution in [0.15, 0.2) is 36.5 Å². The molecular weight excluding hydrogens is 280 g/mol. The van der Waals surface area contributed by atoms with Crippen LogP contribution >= 0.6 is 0 Å². The number of benzene rings is 1. The van der Waals surface area contributed by atoms with E-state index in [9.17, 15) is 9.90 Å². The lowest BCUT2D eigenvalue weighted by atomic mass is 10.0. The zero-order valence-corrected chi connectivity index (χ0v) is 12.2. The molecule has 1 aromatic carbocycles. The fourth-order valence-corrected chi connectivity index (χ4v) is 3.66. The number of aliphatic carboxylic acids is 1. The van der Waals surface area contributed by atoms with Gasteiger partial charge >= 0.3 is 5.97 Å². The van der Waals surface area contributed by atoms with Crippen LogP contribution in [0.25, 0.3) is 5.69 Å². The average molecular weight is 298 g/mol. The number of nitrogens with zero attached hydrogens (tertiary/aromatic N) is 4. The van der Waals surface area contributed by atoms with Gasteiger partial charge in [-0.3, -0.25) is 9.69 Å². The van der Waals surface area contributed by atoms with E-state index in [0.717, 1.165) is 37.2 Å². The molecule has 0 amide bonds. The molecule has 1 saturated carbocycles. The highest BCUT2D eigenvalue weighted by molar-refractivity contribution is 5.83. The van der Waals surface area contributed by atoms with E-state index in [0.29, 0.717) is 12.5 Å². The largest absolute Gasteiger partial charge is 0.480 e. The van der Waals surface area contributed by atoms with Crippen LogP contribution in [0.1, 0.15) is 25.0 Å². The summed E-state index contributed by atoms with van der Waals surface area (Å²) in [5, 5.41) is 17.9. The van der Waals surface area contributed by atoms with Gasteiger partial charge in [-0.15, -0.1) is 5.10 Å². The third kappa shape index (κ3) is 2.02. The predicted octanol–water partition coefficient (Wildman–Crippen LogP) is 1.71. The Balaban J connectivity index is 1.54. The maximum Gasteiger partial charge on any atom is 0.324 e. The Morgan fingerprint density at radius 1 is 1.36 bits per heavy atom. The summed E-state index contributed by atoms with van der Waals surface area (Å²) in [6, 6.07) is 9.80. The molecule has 6 heteroatoms. The van der Waals surface area contributed by atoms with Gasteiger partial charge in [0.2, 0.25) is 0 Å². The number of carbonyl (C=O) groups is 1. The minimum absolute atomic E-state index is 0.308. The zero-order chi connectivity index (χ0) is 15.2. The number of aromatic nitrogens is 3. The Morgan fingerprint density at radius 3 is 2.95 bits per heavy atom. The zero-order valence-electron chi connectivity index (χ0n) is 12.2. The van der Waals surface area contributed by atoms with Crippen molar-refractivity contribution in [1.29, 1.82) is 0 Å². The van der Waals surface area contributed by atoms with E-state index < -0.39 is 11.5 Å². The minimum atomic E-state index is -0.687. The molecule has 0 spiro atoms. The molecule has 22 heavy (non-hydrogen) atoms. The summed E-state index contributed by atoms with van der Waals surface area (Å²) < 4.78 is 1.73. The van der Waals surface area contributed by atoms with Crippen molar-refractivity contribution < 1.29 is 9.90 Å². The van der Waals surface area contributed by atoms with Crippen molar-refractivity contribution in [3.8, 4) is 5.69 Å². The number of hydrogen-bond acceptors (Lipinski definition) is 4. The smallest absolute Gasteiger partial charge is 0.324 e. The first-order chi connectivity index (χ1) is 10.7. The summed E-state index contributed by atoms with van der Waals surface area (Å²) in [6.45, 7) is 1.37. The van der Waals surface area contributed by atoms with E-state index in [4.69, 9.17) is 0 Å². The molecule has 2 aliphatic rings. The molecule has 1 aliphatic heterocycles. The van der Waals surface area contributed by atoms with Crippen molar-refractivity contribution in [2.24, 2.45) is 5.92 Å². The SMILES string of the molecule is O=C(O)[C@]12C[C@H]1CCCN2Cc1cn(-c2ccccc2)nn1. The number of fused-ring (bicyclic) bond motifs is 1. The first kappa shape index (κ1) is 13.5. The van der Waals surface area contributed by atoms with Crippen molar-refractivity contribution in [1.82, 2.24) is 19.9 Å². The molecular formula is C16H18N4O2. The Hall–Kier alpha value is -2.21. The molecule has 0 unspecified atom stereocenters. The molecule has 6 nitrogen and oxygen atoms in total. The molecule has 2 heterocycles. The Labute approximate surface area is 128 Å². The minimum Gasteiger partial charge on any atom is -0.480 e. The highest BCUT2D eigenvalue weighted by Crippen LogP contribution is 2.54. The van der Waals surface area contributed by atoms with Crippen molar-refractivity contribution >= 4 is 5.97 Å². The van der Waals surface area contributed by atoms with Crippen molar-refractivity contribution in [3.63, 3.8) is 0 Å². The fourth-order valence-electron chi connectivity index (χ4n) is 3.66. The summed E-state index contributed by atoms with van der Waals surface area (Å²) >= 11 is 0. The Morgan fingerprint density at radius 2 is 2.18 bits per heavy atom. The third-order valence-electron chi connectivity index (χ3n) is 4.90. The highest BCUT2D eigenvalue weighted by Gasteiger charge is 2.65. The monoisotopic (exact) mass is 298 g/mol. The molecule has 2 aromatic rings. The molecule has 4 rings (SSSR count). The number of carboxylic acid groups (broad SMARTS) is 1. The number of hydrogen-bond donors (Lipinski definition) is 1.